The van der Waals surface area contributed by atoms with Crippen LogP contribution < -0.4 is 15.0 Å². The highest BCUT2D eigenvalue weighted by Crippen LogP contribution is 2.42. The van der Waals surface area contributed by atoms with Crippen molar-refractivity contribution in [2.45, 2.75) is 31.7 Å². The van der Waals surface area contributed by atoms with Crippen LogP contribution in [0.4, 0.5) is 5.69 Å². The van der Waals surface area contributed by atoms with Gasteiger partial charge in [-0.1, -0.05) is 23.7 Å². The second-order valence-electron chi connectivity index (χ2n) is 10.6. The lowest BCUT2D eigenvalue weighted by molar-refractivity contribution is 0.0764. The van der Waals surface area contributed by atoms with Gasteiger partial charge >= 0.3 is 0 Å². The molecule has 0 bridgehead atoms. The zero-order chi connectivity index (χ0) is 26.1. The summed E-state index contributed by atoms with van der Waals surface area (Å²) in [6.45, 7) is 4.05. The summed E-state index contributed by atoms with van der Waals surface area (Å²) >= 11 is 6.24. The second kappa shape index (κ2) is 10.3. The molecule has 6 rings (SSSR count). The predicted octanol–water partition coefficient (Wildman–Crippen LogP) is 5.12. The van der Waals surface area contributed by atoms with E-state index >= 15 is 0 Å². The van der Waals surface area contributed by atoms with Crippen molar-refractivity contribution in [1.29, 1.82) is 0 Å². The molecule has 2 aromatic carbocycles. The van der Waals surface area contributed by atoms with Crippen LogP contribution in [0.3, 0.4) is 0 Å². The molecule has 4 heterocycles. The maximum absolute atomic E-state index is 13.6. The molecule has 0 saturated carbocycles. The van der Waals surface area contributed by atoms with Crippen LogP contribution in [-0.2, 0) is 0 Å². The van der Waals surface area contributed by atoms with Crippen molar-refractivity contribution in [3.8, 4) is 5.75 Å². The Morgan fingerprint density at radius 3 is 2.55 bits per heavy atom. The zero-order valence-electron chi connectivity index (χ0n) is 21.2. The molecule has 38 heavy (non-hydrogen) atoms. The summed E-state index contributed by atoms with van der Waals surface area (Å²) < 4.78 is 5.85. The van der Waals surface area contributed by atoms with Gasteiger partial charge in [-0.3, -0.25) is 14.6 Å². The van der Waals surface area contributed by atoms with Gasteiger partial charge in [0, 0.05) is 61.8 Å². The van der Waals surface area contributed by atoms with Gasteiger partial charge in [0.05, 0.1) is 23.2 Å². The number of ether oxygens (including phenoxy) is 1. The number of carbonyl (C=O) groups excluding carboxylic acids is 2. The first kappa shape index (κ1) is 24.7. The van der Waals surface area contributed by atoms with Crippen LogP contribution in [0.1, 0.15) is 58.0 Å². The van der Waals surface area contributed by atoms with Gasteiger partial charge in [-0.05, 0) is 67.1 Å². The Morgan fingerprint density at radius 2 is 1.76 bits per heavy atom. The first-order valence-corrected chi connectivity index (χ1v) is 13.7. The van der Waals surface area contributed by atoms with E-state index in [1.807, 2.05) is 35.5 Å². The number of fused-ring (bicyclic) bond motifs is 1. The molecule has 3 aliphatic rings. The van der Waals surface area contributed by atoms with Crippen LogP contribution in [0.25, 0.3) is 0 Å². The summed E-state index contributed by atoms with van der Waals surface area (Å²) in [6.07, 6.45) is 7.49. The third kappa shape index (κ3) is 4.83. The highest BCUT2D eigenvalue weighted by molar-refractivity contribution is 6.33. The molecule has 196 valence electrons. The molecule has 3 aromatic rings. The predicted molar refractivity (Wildman–Crippen MR) is 147 cm³/mol. The molecule has 1 N–H and O–H groups in total. The van der Waals surface area contributed by atoms with Crippen molar-refractivity contribution in [1.82, 2.24) is 15.2 Å². The number of anilines is 1. The van der Waals surface area contributed by atoms with Crippen LogP contribution in [0, 0.1) is 5.41 Å². The number of benzene rings is 2. The zero-order valence-corrected chi connectivity index (χ0v) is 22.0. The number of likely N-dealkylation sites (tertiary alicyclic amines) is 1. The maximum Gasteiger partial charge on any atom is 0.253 e. The largest absolute Gasteiger partial charge is 0.493 e. The molecule has 2 fully saturated rings. The number of piperidine rings is 1. The van der Waals surface area contributed by atoms with E-state index in [-0.39, 0.29) is 23.3 Å². The lowest BCUT2D eigenvalue weighted by atomic mass is 9.77. The number of hydrogen-bond donors (Lipinski definition) is 1. The first-order chi connectivity index (χ1) is 18.5. The van der Waals surface area contributed by atoms with Crippen molar-refractivity contribution < 1.29 is 14.3 Å². The Bertz CT molecular complexity index is 1340. The highest BCUT2D eigenvalue weighted by atomic mass is 35.5. The number of nitrogens with zero attached hydrogens (tertiary/aromatic N) is 3. The topological polar surface area (TPSA) is 74.8 Å². The number of nitrogens with one attached hydrogen (secondary N) is 1. The van der Waals surface area contributed by atoms with Gasteiger partial charge in [-0.2, -0.15) is 0 Å². The molecule has 0 aliphatic carbocycles. The maximum atomic E-state index is 13.6. The van der Waals surface area contributed by atoms with E-state index in [4.69, 9.17) is 16.3 Å². The summed E-state index contributed by atoms with van der Waals surface area (Å²) in [6, 6.07) is 16.5. The molecular formula is C30H31ClN4O3. The lowest BCUT2D eigenvalue weighted by Crippen LogP contribution is -2.42. The van der Waals surface area contributed by atoms with E-state index in [0.29, 0.717) is 34.9 Å². The first-order valence-electron chi connectivity index (χ1n) is 13.3. The van der Waals surface area contributed by atoms with E-state index in [1.165, 1.54) is 5.69 Å². The summed E-state index contributed by atoms with van der Waals surface area (Å²) in [4.78, 5) is 35.1. The molecule has 7 nitrogen and oxygen atoms in total. The Balaban J connectivity index is 1.14. The van der Waals surface area contributed by atoms with Crippen LogP contribution in [0.5, 0.6) is 5.75 Å². The number of amides is 2. The van der Waals surface area contributed by atoms with E-state index in [1.54, 1.807) is 24.3 Å². The number of hydrogen-bond acceptors (Lipinski definition) is 5. The molecule has 1 atom stereocenters. The lowest BCUT2D eigenvalue weighted by Gasteiger charge is -2.40. The van der Waals surface area contributed by atoms with Gasteiger partial charge in [0.2, 0.25) is 0 Å². The molecule has 1 spiro atoms. The Labute approximate surface area is 227 Å². The molecule has 2 amide bonds. The van der Waals surface area contributed by atoms with Crippen molar-refractivity contribution in [2.24, 2.45) is 5.41 Å². The number of rotatable bonds is 4. The molecule has 2 saturated heterocycles. The minimum absolute atomic E-state index is 0.0444. The summed E-state index contributed by atoms with van der Waals surface area (Å²) in [7, 11) is 0. The smallest absolute Gasteiger partial charge is 0.253 e. The van der Waals surface area contributed by atoms with Crippen molar-refractivity contribution in [3.05, 3.63) is 88.7 Å². The normalized spacial score (nSPS) is 20.1. The van der Waals surface area contributed by atoms with E-state index < -0.39 is 0 Å². The number of halogens is 1. The Kier molecular flexibility index (Phi) is 6.70. The fourth-order valence-electron chi connectivity index (χ4n) is 6.05. The van der Waals surface area contributed by atoms with Crippen molar-refractivity contribution in [2.75, 3.05) is 37.7 Å². The van der Waals surface area contributed by atoms with Gasteiger partial charge < -0.3 is 19.9 Å². The van der Waals surface area contributed by atoms with Gasteiger partial charge in [0.1, 0.15) is 5.75 Å². The standard InChI is InChI=1S/C30H31ClN4O3/c31-25-4-2-1-3-23(25)28(36)33-26-9-18-38-27-6-5-21(19-24(26)27)29(37)35-17-12-30(20-35)10-15-34(16-11-30)22-7-13-32-14-8-22/h1-8,13-14,19,26H,9-12,15-18,20H2,(H,33,36)/t26-/m1/s1. The quantitative estimate of drug-likeness (QED) is 0.506. The molecule has 3 aliphatic heterocycles. The fraction of sp³-hybridized carbons (Fsp3) is 0.367. The minimum atomic E-state index is -0.252. The third-order valence-electron chi connectivity index (χ3n) is 8.30. The Hall–Kier alpha value is -3.58. The van der Waals surface area contributed by atoms with Crippen LogP contribution in [-0.4, -0.2) is 54.5 Å². The average Bonchev–Trinajstić information content (AvgIpc) is 3.37. The molecular weight excluding hydrogens is 500 g/mol. The van der Waals surface area contributed by atoms with Gasteiger partial charge in [0.25, 0.3) is 11.8 Å². The Morgan fingerprint density at radius 1 is 1.00 bits per heavy atom. The van der Waals surface area contributed by atoms with E-state index in [2.05, 4.69) is 27.3 Å². The molecule has 0 radical (unpaired) electrons. The van der Waals surface area contributed by atoms with Crippen LogP contribution in [0.15, 0.2) is 67.0 Å². The number of pyridine rings is 1. The van der Waals surface area contributed by atoms with E-state index in [0.717, 1.165) is 51.0 Å². The van der Waals surface area contributed by atoms with Crippen LogP contribution in [0.2, 0.25) is 5.02 Å². The molecule has 0 unspecified atom stereocenters. The third-order valence-corrected chi connectivity index (χ3v) is 8.63. The summed E-state index contributed by atoms with van der Waals surface area (Å²) in [5, 5.41) is 3.51. The SMILES string of the molecule is O=C(N[C@@H]1CCOc2ccc(C(=O)N3CCC4(CCN(c5ccncc5)CC4)C3)cc21)c1ccccc1Cl. The van der Waals surface area contributed by atoms with Crippen molar-refractivity contribution >= 4 is 29.1 Å². The van der Waals surface area contributed by atoms with Gasteiger partial charge in [0.15, 0.2) is 0 Å². The number of aromatic nitrogens is 1. The second-order valence-corrected chi connectivity index (χ2v) is 11.0. The van der Waals surface area contributed by atoms with Gasteiger partial charge in [-0.15, -0.1) is 0 Å². The van der Waals surface area contributed by atoms with Crippen molar-refractivity contribution in [3.63, 3.8) is 0 Å². The summed E-state index contributed by atoms with van der Waals surface area (Å²) in [5.41, 5.74) is 3.31. The monoisotopic (exact) mass is 530 g/mol. The van der Waals surface area contributed by atoms with Gasteiger partial charge in [-0.25, -0.2) is 0 Å². The average molecular weight is 531 g/mol. The minimum Gasteiger partial charge on any atom is -0.493 e. The highest BCUT2D eigenvalue weighted by Gasteiger charge is 2.42. The molecule has 8 heteroatoms. The summed E-state index contributed by atoms with van der Waals surface area (Å²) in [5.74, 6) is 0.520. The fourth-order valence-corrected chi connectivity index (χ4v) is 6.27. The number of carbonyl (C=O) groups is 2. The van der Waals surface area contributed by atoms with Crippen LogP contribution >= 0.6 is 11.6 Å². The van der Waals surface area contributed by atoms with E-state index in [9.17, 15) is 9.59 Å². The molecule has 1 aromatic heterocycles.